The van der Waals surface area contributed by atoms with Crippen LogP contribution >= 0.6 is 0 Å². The lowest BCUT2D eigenvalue weighted by molar-refractivity contribution is 0.530. The Morgan fingerprint density at radius 1 is 1.11 bits per heavy atom. The smallest absolute Gasteiger partial charge is 0.240 e. The molecule has 2 N–H and O–H groups in total. The van der Waals surface area contributed by atoms with E-state index in [0.717, 1.165) is 24.9 Å². The van der Waals surface area contributed by atoms with Gasteiger partial charge in [0, 0.05) is 19.3 Å². The van der Waals surface area contributed by atoms with Crippen LogP contribution in [0.4, 0.5) is 5.69 Å². The summed E-state index contributed by atoms with van der Waals surface area (Å²) in [5.74, 6) is 0.672. The lowest BCUT2D eigenvalue weighted by Crippen LogP contribution is -2.24. The summed E-state index contributed by atoms with van der Waals surface area (Å²) in [6, 6.07) is 6.74. The number of benzene rings is 1. The summed E-state index contributed by atoms with van der Waals surface area (Å²) in [4.78, 5) is 0.315. The second-order valence-corrected chi connectivity index (χ2v) is 6.83. The van der Waals surface area contributed by atoms with E-state index in [9.17, 15) is 8.42 Å². The highest BCUT2D eigenvalue weighted by Crippen LogP contribution is 2.13. The van der Waals surface area contributed by atoms with E-state index in [-0.39, 0.29) is 0 Å². The average molecular weight is 284 g/mol. The molecule has 0 fully saturated rings. The van der Waals surface area contributed by atoms with E-state index in [2.05, 4.69) is 23.9 Å². The van der Waals surface area contributed by atoms with Crippen LogP contribution in [0.3, 0.4) is 0 Å². The molecule has 1 aromatic rings. The molecular weight excluding hydrogens is 260 g/mol. The fraction of sp³-hybridized carbons (Fsp3) is 0.571. The van der Waals surface area contributed by atoms with Crippen molar-refractivity contribution in [2.45, 2.75) is 38.0 Å². The summed E-state index contributed by atoms with van der Waals surface area (Å²) in [5, 5.41) is 2.96. The van der Waals surface area contributed by atoms with Crippen molar-refractivity contribution in [2.75, 3.05) is 18.9 Å². The molecule has 1 aromatic carbocycles. The number of nitrogens with one attached hydrogen (secondary N) is 2. The quantitative estimate of drug-likeness (QED) is 0.722. The average Bonchev–Trinajstić information content (AvgIpc) is 2.38. The minimum atomic E-state index is -3.36. The molecule has 0 saturated carbocycles. The molecule has 0 aromatic heterocycles. The zero-order valence-corrected chi connectivity index (χ0v) is 12.8. The fourth-order valence-corrected chi connectivity index (χ4v) is 2.84. The first kappa shape index (κ1) is 16.0. The van der Waals surface area contributed by atoms with Gasteiger partial charge in [-0.3, -0.25) is 0 Å². The third kappa shape index (κ3) is 5.61. The van der Waals surface area contributed by atoms with E-state index >= 15 is 0 Å². The largest absolute Gasteiger partial charge is 0.388 e. The van der Waals surface area contributed by atoms with Crippen LogP contribution in [0.1, 0.15) is 33.1 Å². The maximum atomic E-state index is 12.0. The van der Waals surface area contributed by atoms with E-state index in [4.69, 9.17) is 0 Å². The van der Waals surface area contributed by atoms with Gasteiger partial charge in [0.1, 0.15) is 0 Å². The zero-order chi connectivity index (χ0) is 14.3. The number of unbranched alkanes of at least 4 members (excludes halogenated alkanes) is 1. The highest BCUT2D eigenvalue weighted by Gasteiger charge is 2.12. The van der Waals surface area contributed by atoms with Gasteiger partial charge in [0.25, 0.3) is 0 Å². The molecule has 0 radical (unpaired) electrons. The second-order valence-electron chi connectivity index (χ2n) is 5.06. The monoisotopic (exact) mass is 284 g/mol. The van der Waals surface area contributed by atoms with Gasteiger partial charge < -0.3 is 5.32 Å². The van der Waals surface area contributed by atoms with Gasteiger partial charge in [-0.05, 0) is 36.6 Å². The Bertz CT molecular complexity index is 467. The van der Waals surface area contributed by atoms with Crippen molar-refractivity contribution in [1.82, 2.24) is 4.72 Å². The molecule has 108 valence electrons. The van der Waals surface area contributed by atoms with Crippen LogP contribution < -0.4 is 10.0 Å². The lowest BCUT2D eigenvalue weighted by atomic mass is 10.1. The van der Waals surface area contributed by atoms with Crippen LogP contribution in [0.5, 0.6) is 0 Å². The lowest BCUT2D eigenvalue weighted by Gasteiger charge is -2.08. The number of hydrogen-bond acceptors (Lipinski definition) is 3. The summed E-state index contributed by atoms with van der Waals surface area (Å²) >= 11 is 0. The van der Waals surface area contributed by atoms with Gasteiger partial charge in [-0.25, -0.2) is 13.1 Å². The minimum Gasteiger partial charge on any atom is -0.388 e. The standard InChI is InChI=1S/C14H24N2O2S/c1-12(2)6-4-5-11-16-19(17,18)14-9-7-13(15-3)8-10-14/h7-10,12,15-16H,4-6,11H2,1-3H3. The van der Waals surface area contributed by atoms with Crippen LogP contribution in [0.2, 0.25) is 0 Å². The predicted octanol–water partition coefficient (Wildman–Crippen LogP) is 2.83. The van der Waals surface area contributed by atoms with Crippen molar-refractivity contribution in [2.24, 2.45) is 5.92 Å². The third-order valence-corrected chi connectivity index (χ3v) is 4.43. The Morgan fingerprint density at radius 2 is 1.74 bits per heavy atom. The molecule has 5 heteroatoms. The van der Waals surface area contributed by atoms with Gasteiger partial charge in [-0.2, -0.15) is 0 Å². The Balaban J connectivity index is 2.46. The molecule has 0 heterocycles. The molecule has 0 aliphatic carbocycles. The predicted molar refractivity (Wildman–Crippen MR) is 79.9 cm³/mol. The molecule has 0 aliphatic rings. The number of rotatable bonds is 8. The molecule has 4 nitrogen and oxygen atoms in total. The Kier molecular flexibility index (Phi) is 6.31. The van der Waals surface area contributed by atoms with E-state index < -0.39 is 10.0 Å². The number of anilines is 1. The molecule has 0 saturated heterocycles. The third-order valence-electron chi connectivity index (χ3n) is 2.95. The molecule has 0 amide bonds. The zero-order valence-electron chi connectivity index (χ0n) is 11.9. The molecule has 0 bridgehead atoms. The van der Waals surface area contributed by atoms with Crippen molar-refractivity contribution in [3.05, 3.63) is 24.3 Å². The Hall–Kier alpha value is -1.07. The first-order valence-corrected chi connectivity index (χ1v) is 8.21. The second kappa shape index (κ2) is 7.50. The van der Waals surface area contributed by atoms with E-state index in [1.165, 1.54) is 0 Å². The summed E-state index contributed by atoms with van der Waals surface area (Å²) < 4.78 is 26.6. The SMILES string of the molecule is CNc1ccc(S(=O)(=O)NCCCCC(C)C)cc1. The summed E-state index contributed by atoms with van der Waals surface area (Å²) in [6.07, 6.45) is 3.07. The van der Waals surface area contributed by atoms with Crippen molar-refractivity contribution in [3.8, 4) is 0 Å². The van der Waals surface area contributed by atoms with Crippen molar-refractivity contribution in [3.63, 3.8) is 0 Å². The van der Waals surface area contributed by atoms with Crippen LogP contribution in [0.25, 0.3) is 0 Å². The van der Waals surface area contributed by atoms with E-state index in [1.54, 1.807) is 31.3 Å². The molecular formula is C14H24N2O2S. The highest BCUT2D eigenvalue weighted by atomic mass is 32.2. The van der Waals surface area contributed by atoms with Crippen molar-refractivity contribution < 1.29 is 8.42 Å². The number of sulfonamides is 1. The van der Waals surface area contributed by atoms with Gasteiger partial charge in [-0.15, -0.1) is 0 Å². The molecule has 1 rings (SSSR count). The van der Waals surface area contributed by atoms with Crippen LogP contribution in [-0.4, -0.2) is 22.0 Å². The first-order chi connectivity index (χ1) is 8.95. The minimum absolute atomic E-state index is 0.315. The van der Waals surface area contributed by atoms with Gasteiger partial charge in [0.15, 0.2) is 0 Å². The Labute approximate surface area is 116 Å². The Morgan fingerprint density at radius 3 is 2.26 bits per heavy atom. The van der Waals surface area contributed by atoms with E-state index in [1.807, 2.05) is 0 Å². The van der Waals surface area contributed by atoms with Gasteiger partial charge in [-0.1, -0.05) is 26.7 Å². The van der Waals surface area contributed by atoms with Crippen molar-refractivity contribution in [1.29, 1.82) is 0 Å². The van der Waals surface area contributed by atoms with Gasteiger partial charge in [0.05, 0.1) is 4.90 Å². The normalized spacial score (nSPS) is 11.8. The summed E-state index contributed by atoms with van der Waals surface area (Å²) in [5.41, 5.74) is 0.899. The summed E-state index contributed by atoms with van der Waals surface area (Å²) in [6.45, 7) is 4.85. The van der Waals surface area contributed by atoms with Crippen LogP contribution in [0, 0.1) is 5.92 Å². The van der Waals surface area contributed by atoms with Gasteiger partial charge >= 0.3 is 0 Å². The maximum absolute atomic E-state index is 12.0. The fourth-order valence-electron chi connectivity index (χ4n) is 1.77. The topological polar surface area (TPSA) is 58.2 Å². The van der Waals surface area contributed by atoms with Crippen LogP contribution in [0.15, 0.2) is 29.2 Å². The van der Waals surface area contributed by atoms with Gasteiger partial charge in [0.2, 0.25) is 10.0 Å². The molecule has 0 unspecified atom stereocenters. The molecule has 0 spiro atoms. The number of hydrogen-bond donors (Lipinski definition) is 2. The molecule has 0 atom stereocenters. The van der Waals surface area contributed by atoms with E-state index in [0.29, 0.717) is 17.4 Å². The highest BCUT2D eigenvalue weighted by molar-refractivity contribution is 7.89. The van der Waals surface area contributed by atoms with Crippen molar-refractivity contribution >= 4 is 15.7 Å². The van der Waals surface area contributed by atoms with Crippen LogP contribution in [-0.2, 0) is 10.0 Å². The molecule has 19 heavy (non-hydrogen) atoms. The summed E-state index contributed by atoms with van der Waals surface area (Å²) in [7, 11) is -1.56. The first-order valence-electron chi connectivity index (χ1n) is 6.73. The maximum Gasteiger partial charge on any atom is 0.240 e. The molecule has 0 aliphatic heterocycles.